The van der Waals surface area contributed by atoms with E-state index in [1.807, 2.05) is 6.92 Å². The first kappa shape index (κ1) is 27.6. The van der Waals surface area contributed by atoms with Crippen molar-refractivity contribution in [2.24, 2.45) is 7.05 Å². The maximum Gasteiger partial charge on any atom is 0.522 e. The van der Waals surface area contributed by atoms with Gasteiger partial charge in [-0.15, -0.1) is 13.2 Å². The van der Waals surface area contributed by atoms with Crippen LogP contribution < -0.4 is 10.6 Å². The molecule has 2 aromatic heterocycles. The number of aryl methyl sites for hydroxylation is 1. The molecule has 0 atom stereocenters. The number of amides is 2. The van der Waals surface area contributed by atoms with Gasteiger partial charge in [0.1, 0.15) is 18.1 Å². The summed E-state index contributed by atoms with van der Waals surface area (Å²) < 4.78 is 57.9. The van der Waals surface area contributed by atoms with Gasteiger partial charge in [-0.2, -0.15) is 10.2 Å². The molecule has 2 amide bonds. The van der Waals surface area contributed by atoms with Crippen LogP contribution in [0.4, 0.5) is 23.8 Å². The summed E-state index contributed by atoms with van der Waals surface area (Å²) in [5.41, 5.74) is -0.129. The largest absolute Gasteiger partial charge is 0.522 e. The van der Waals surface area contributed by atoms with Gasteiger partial charge in [-0.25, -0.2) is 0 Å². The van der Waals surface area contributed by atoms with Crippen molar-refractivity contribution in [2.75, 3.05) is 29.7 Å². The number of alkyl halides is 3. The monoisotopic (exact) mass is 630 g/mol. The van der Waals surface area contributed by atoms with Crippen molar-refractivity contribution in [3.8, 4) is 0 Å². The van der Waals surface area contributed by atoms with Crippen molar-refractivity contribution in [1.82, 2.24) is 25.3 Å². The number of rotatable bonds is 7. The van der Waals surface area contributed by atoms with Crippen LogP contribution in [0.1, 0.15) is 23.1 Å². The number of H-pyrrole nitrogens is 1. The molecule has 0 radical (unpaired) electrons. The normalized spacial score (nSPS) is 17.2. The van der Waals surface area contributed by atoms with Gasteiger partial charge >= 0.3 is 105 Å². The van der Waals surface area contributed by atoms with Crippen LogP contribution in [-0.4, -0.2) is 87.1 Å². The summed E-state index contributed by atoms with van der Waals surface area (Å²) in [7, 11) is 2.82. The molecular formula is C18H24F3N6O6SSb. The van der Waals surface area contributed by atoms with Crippen molar-refractivity contribution < 1.29 is 41.2 Å². The van der Waals surface area contributed by atoms with Gasteiger partial charge in [-0.05, 0) is 6.07 Å². The predicted molar refractivity (Wildman–Crippen MR) is 118 cm³/mol. The summed E-state index contributed by atoms with van der Waals surface area (Å²) in [5.74, 6) is -0.160. The zero-order valence-electron chi connectivity index (χ0n) is 18.8. The number of ether oxygens (including phenoxy) is 3. The Morgan fingerprint density at radius 1 is 1.37 bits per heavy atom. The van der Waals surface area contributed by atoms with Crippen molar-refractivity contribution in [2.45, 2.75) is 29.8 Å². The average Bonchev–Trinajstić information content (AvgIpc) is 3.52. The molecule has 4 rings (SSSR count). The second-order valence-electron chi connectivity index (χ2n) is 7.67. The smallest absolute Gasteiger partial charge is 0.306 e. The van der Waals surface area contributed by atoms with E-state index in [-0.39, 0.29) is 23.0 Å². The Hall–Kier alpha value is -2.00. The number of anilines is 1. The van der Waals surface area contributed by atoms with Gasteiger partial charge in [0.05, 0.1) is 11.9 Å². The third-order valence-electron chi connectivity index (χ3n) is 4.48. The van der Waals surface area contributed by atoms with Crippen LogP contribution in [0, 0.1) is 0 Å². The van der Waals surface area contributed by atoms with Crippen molar-refractivity contribution >= 4 is 45.8 Å². The van der Waals surface area contributed by atoms with Crippen molar-refractivity contribution in [3.63, 3.8) is 0 Å². The van der Waals surface area contributed by atoms with Crippen LogP contribution in [0.25, 0.3) is 0 Å². The quantitative estimate of drug-likeness (QED) is 0.310. The summed E-state index contributed by atoms with van der Waals surface area (Å²) in [6, 6.07) is 2.75. The van der Waals surface area contributed by atoms with Gasteiger partial charge in [0.2, 0.25) is 0 Å². The number of carbonyl (C=O) groups excluding carboxylic acids is 2. The van der Waals surface area contributed by atoms with Crippen LogP contribution >= 0.6 is 9.13 Å². The fraction of sp³-hybridized carbons (Fsp3) is 0.556. The van der Waals surface area contributed by atoms with E-state index in [9.17, 15) is 22.8 Å². The molecule has 35 heavy (non-hydrogen) atoms. The minimum atomic E-state index is -4.74. The molecule has 0 spiro atoms. The molecule has 0 bridgehead atoms. The van der Waals surface area contributed by atoms with Crippen molar-refractivity contribution in [1.29, 1.82) is 0 Å². The predicted octanol–water partition coefficient (Wildman–Crippen LogP) is 2.14. The maximum atomic E-state index is 11.9. The third kappa shape index (κ3) is 9.18. The number of nitrogens with one attached hydrogen (secondary N) is 3. The molecule has 0 aromatic carbocycles. The first-order chi connectivity index (χ1) is 16.5. The number of hydrogen-bond donors (Lipinski definition) is 3. The van der Waals surface area contributed by atoms with Crippen LogP contribution in [0.5, 0.6) is 0 Å². The molecule has 0 saturated carbocycles. The van der Waals surface area contributed by atoms with E-state index < -0.39 is 37.7 Å². The zero-order chi connectivity index (χ0) is 25.5. The Labute approximate surface area is 208 Å². The van der Waals surface area contributed by atoms with Gasteiger partial charge in [0.25, 0.3) is 5.91 Å². The molecule has 3 N–H and O–H groups in total. The van der Waals surface area contributed by atoms with Gasteiger partial charge in [-0.1, -0.05) is 0 Å². The Morgan fingerprint density at radius 2 is 2.14 bits per heavy atom. The molecule has 4 heterocycles. The van der Waals surface area contributed by atoms with E-state index >= 15 is 0 Å². The molecule has 2 aromatic rings. The fourth-order valence-electron chi connectivity index (χ4n) is 2.77. The molecule has 0 unspecified atom stereocenters. The Bertz CT molecular complexity index is 982. The van der Waals surface area contributed by atoms with E-state index in [2.05, 4.69) is 30.7 Å². The molecule has 2 saturated heterocycles. The van der Waals surface area contributed by atoms with E-state index in [0.717, 1.165) is 15.5 Å². The second kappa shape index (κ2) is 12.3. The Kier molecular flexibility index (Phi) is 9.69. The van der Waals surface area contributed by atoms with Crippen LogP contribution in [0.15, 0.2) is 18.3 Å². The minimum absolute atomic E-state index is 0.000384. The van der Waals surface area contributed by atoms with E-state index in [1.165, 1.54) is 39.2 Å². The molecule has 2 aliphatic heterocycles. The molecule has 0 aliphatic carbocycles. The first-order valence-corrected chi connectivity index (χ1v) is 17.6. The molecule has 194 valence electrons. The van der Waals surface area contributed by atoms with Gasteiger partial charge < -0.3 is 5.32 Å². The van der Waals surface area contributed by atoms with Crippen LogP contribution in [0.2, 0.25) is 4.37 Å². The summed E-state index contributed by atoms with van der Waals surface area (Å²) in [5, 5.41) is 15.2. The van der Waals surface area contributed by atoms with Crippen LogP contribution in [-0.2, 0) is 32.0 Å². The van der Waals surface area contributed by atoms with Crippen molar-refractivity contribution in [3.05, 3.63) is 29.7 Å². The number of halogens is 3. The van der Waals surface area contributed by atoms with Gasteiger partial charge in [0, 0.05) is 13.1 Å². The average molecular weight is 631 g/mol. The number of hydrogen-bond acceptors (Lipinski definition) is 9. The number of carbonyl (C=O) groups is 2. The minimum Gasteiger partial charge on any atom is -0.306 e. The fourth-order valence-corrected chi connectivity index (χ4v) is 8.86. The number of nitrogens with zero attached hydrogens (tertiary/aromatic N) is 3. The summed E-state index contributed by atoms with van der Waals surface area (Å²) in [6.45, 7) is 3.17. The van der Waals surface area contributed by atoms with E-state index in [1.54, 1.807) is 0 Å². The van der Waals surface area contributed by atoms with E-state index in [4.69, 9.17) is 13.7 Å². The Morgan fingerprint density at radius 3 is 2.71 bits per heavy atom. The Balaban J connectivity index is 0.000000203. The van der Waals surface area contributed by atoms with Crippen LogP contribution in [0.3, 0.4) is 0 Å². The zero-order valence-corrected chi connectivity index (χ0v) is 22.1. The third-order valence-corrected chi connectivity index (χ3v) is 12.6. The second-order valence-corrected chi connectivity index (χ2v) is 17.5. The summed E-state index contributed by atoms with van der Waals surface area (Å²) >= 11 is -1.43. The molecule has 2 aliphatic rings. The summed E-state index contributed by atoms with van der Waals surface area (Å²) in [6.07, 6.45) is -3.64. The number of aromatic amines is 1. The molecule has 17 heteroatoms. The first-order valence-electron chi connectivity index (χ1n) is 10.1. The number of aromatic nitrogens is 4. The maximum absolute atomic E-state index is 11.9. The SMILES string of the molecule is CC1(NC(=O)O[S][Sb]2[CH2]CO[CH2]2)COC1.Cn1nc(COC(F)(F)F)cc1C(=O)Nc1ccn[nH]1. The molecule has 12 nitrogen and oxygen atoms in total. The summed E-state index contributed by atoms with van der Waals surface area (Å²) in [4.78, 5) is 23.3. The topological polar surface area (TPSA) is 142 Å². The van der Waals surface area contributed by atoms with E-state index in [0.29, 0.717) is 19.0 Å². The molecule has 2 fully saturated rings. The standard InChI is InChI=1S/C10H10F3N5O2.C5H9NO3S.C3H6O.Sb/c1-18-7(9(19)15-8-2-3-14-16-8)4-6(17-18)5-20-10(11,12)13;1-5(2-8-3-5)6-4(7)9-10;1-3-4-2;/h2-4H,5H2,1H3,(H2,14,15,16,19);10H,2-3H2,1H3,(H,6,7);1-3H2;/q;;;+1/p-1. The van der Waals surface area contributed by atoms with Gasteiger partial charge in [0.15, 0.2) is 0 Å². The van der Waals surface area contributed by atoms with Gasteiger partial charge in [-0.3, -0.25) is 19.3 Å². The molecular weight excluding hydrogens is 607 g/mol.